The molecule has 0 spiro atoms. The van der Waals surface area contributed by atoms with Gasteiger partial charge in [-0.2, -0.15) is 0 Å². The van der Waals surface area contributed by atoms with Gasteiger partial charge in [-0.1, -0.05) is 60.7 Å². The minimum atomic E-state index is 0.902. The van der Waals surface area contributed by atoms with Crippen LogP contribution in [0.2, 0.25) is 0 Å². The van der Waals surface area contributed by atoms with E-state index in [0.717, 1.165) is 30.9 Å². The lowest BCUT2D eigenvalue weighted by Crippen LogP contribution is -2.21. The molecular weight excluding hydrogens is 268 g/mol. The number of aromatic nitrogens is 1. The number of pyridine rings is 1. The highest BCUT2D eigenvalue weighted by molar-refractivity contribution is 5.96. The summed E-state index contributed by atoms with van der Waals surface area (Å²) < 4.78 is 0. The molecule has 1 aliphatic heterocycles. The van der Waals surface area contributed by atoms with Crippen LogP contribution in [0.4, 0.5) is 0 Å². The molecule has 108 valence electrons. The fourth-order valence-electron chi connectivity index (χ4n) is 3.02. The summed E-state index contributed by atoms with van der Waals surface area (Å²) in [4.78, 5) is 4.99. The molecular formula is C20H18N2. The number of fused-ring (bicyclic) bond motifs is 1. The molecule has 2 heteroatoms. The van der Waals surface area contributed by atoms with Crippen molar-refractivity contribution in [3.63, 3.8) is 0 Å². The van der Waals surface area contributed by atoms with E-state index in [-0.39, 0.29) is 0 Å². The Bertz CT molecular complexity index is 835. The standard InChI is InChI=1S/C20H18N2/c1-2-7-15(8-3-1)20-18-11-5-4-9-16(18)13-19(22-20)17-10-6-12-21-14-17/h1-5,7-11,13,21H,6,12,14H2. The Balaban J connectivity index is 1.95. The van der Waals surface area contributed by atoms with Crippen molar-refractivity contribution in [2.75, 3.05) is 13.1 Å². The first kappa shape index (κ1) is 13.2. The van der Waals surface area contributed by atoms with Gasteiger partial charge in [0.15, 0.2) is 0 Å². The maximum Gasteiger partial charge on any atom is 0.0787 e. The Morgan fingerprint density at radius 3 is 2.55 bits per heavy atom. The van der Waals surface area contributed by atoms with Crippen LogP contribution in [0.1, 0.15) is 12.1 Å². The molecule has 0 aliphatic carbocycles. The molecule has 0 atom stereocenters. The van der Waals surface area contributed by atoms with Crippen molar-refractivity contribution in [1.82, 2.24) is 10.3 Å². The molecule has 2 aromatic carbocycles. The van der Waals surface area contributed by atoms with Crippen molar-refractivity contribution in [2.24, 2.45) is 0 Å². The summed E-state index contributed by atoms with van der Waals surface area (Å²) in [7, 11) is 0. The summed E-state index contributed by atoms with van der Waals surface area (Å²) in [5.74, 6) is 0. The van der Waals surface area contributed by atoms with Gasteiger partial charge in [-0.25, -0.2) is 4.98 Å². The summed E-state index contributed by atoms with van der Waals surface area (Å²) in [5.41, 5.74) is 4.63. The van der Waals surface area contributed by atoms with Crippen LogP contribution in [0.3, 0.4) is 0 Å². The number of hydrogen-bond acceptors (Lipinski definition) is 2. The maximum atomic E-state index is 4.99. The highest BCUT2D eigenvalue weighted by Crippen LogP contribution is 2.29. The normalized spacial score (nSPS) is 14.8. The fourth-order valence-corrected chi connectivity index (χ4v) is 3.02. The average Bonchev–Trinajstić information content (AvgIpc) is 2.62. The van der Waals surface area contributed by atoms with Crippen molar-refractivity contribution in [1.29, 1.82) is 0 Å². The van der Waals surface area contributed by atoms with Gasteiger partial charge in [0, 0.05) is 17.5 Å². The zero-order valence-electron chi connectivity index (χ0n) is 12.4. The molecule has 2 nitrogen and oxygen atoms in total. The van der Waals surface area contributed by atoms with Crippen LogP contribution in [0.25, 0.3) is 27.6 Å². The summed E-state index contributed by atoms with van der Waals surface area (Å²) in [6, 6.07) is 21.2. The zero-order chi connectivity index (χ0) is 14.8. The quantitative estimate of drug-likeness (QED) is 0.760. The summed E-state index contributed by atoms with van der Waals surface area (Å²) >= 11 is 0. The molecule has 1 aliphatic rings. The van der Waals surface area contributed by atoms with E-state index >= 15 is 0 Å². The van der Waals surface area contributed by atoms with Gasteiger partial charge >= 0.3 is 0 Å². The molecule has 0 amide bonds. The lowest BCUT2D eigenvalue weighted by molar-refractivity contribution is 0.737. The summed E-state index contributed by atoms with van der Waals surface area (Å²) in [6.45, 7) is 1.96. The third-order valence-corrected chi connectivity index (χ3v) is 4.14. The predicted molar refractivity (Wildman–Crippen MR) is 92.6 cm³/mol. The van der Waals surface area contributed by atoms with Crippen molar-refractivity contribution in [3.8, 4) is 11.3 Å². The average molecular weight is 286 g/mol. The molecule has 0 unspecified atom stereocenters. The Morgan fingerprint density at radius 1 is 0.909 bits per heavy atom. The van der Waals surface area contributed by atoms with Crippen LogP contribution in [0.15, 0.2) is 66.7 Å². The fraction of sp³-hybridized carbons (Fsp3) is 0.150. The maximum absolute atomic E-state index is 4.99. The molecule has 0 saturated carbocycles. The third kappa shape index (κ3) is 2.42. The van der Waals surface area contributed by atoms with Gasteiger partial charge in [0.05, 0.1) is 11.4 Å². The van der Waals surface area contributed by atoms with E-state index in [4.69, 9.17) is 4.98 Å². The summed E-state index contributed by atoms with van der Waals surface area (Å²) in [6.07, 6.45) is 3.38. The van der Waals surface area contributed by atoms with Crippen molar-refractivity contribution in [3.05, 3.63) is 72.4 Å². The van der Waals surface area contributed by atoms with E-state index in [0.29, 0.717) is 0 Å². The minimum absolute atomic E-state index is 0.902. The molecule has 3 aromatic rings. The molecule has 0 fully saturated rings. The smallest absolute Gasteiger partial charge is 0.0787 e. The second-order valence-corrected chi connectivity index (χ2v) is 5.64. The number of benzene rings is 2. The number of nitrogens with zero attached hydrogens (tertiary/aromatic N) is 1. The van der Waals surface area contributed by atoms with Crippen LogP contribution in [-0.2, 0) is 0 Å². The SMILES string of the molecule is C1=C(c2cc3ccccc3c(-c3ccccc3)n2)CNCC1. The second kappa shape index (κ2) is 5.74. The van der Waals surface area contributed by atoms with Gasteiger partial charge in [0.2, 0.25) is 0 Å². The van der Waals surface area contributed by atoms with E-state index in [1.54, 1.807) is 0 Å². The number of nitrogens with one attached hydrogen (secondary N) is 1. The Hall–Kier alpha value is -2.45. The molecule has 0 radical (unpaired) electrons. The second-order valence-electron chi connectivity index (χ2n) is 5.64. The molecule has 22 heavy (non-hydrogen) atoms. The van der Waals surface area contributed by atoms with Crippen LogP contribution in [0.5, 0.6) is 0 Å². The first-order valence-corrected chi connectivity index (χ1v) is 7.77. The van der Waals surface area contributed by atoms with E-state index < -0.39 is 0 Å². The third-order valence-electron chi connectivity index (χ3n) is 4.14. The van der Waals surface area contributed by atoms with Crippen LogP contribution < -0.4 is 5.32 Å². The highest BCUT2D eigenvalue weighted by atomic mass is 14.9. The first-order valence-electron chi connectivity index (χ1n) is 7.77. The molecule has 1 aromatic heterocycles. The van der Waals surface area contributed by atoms with E-state index in [1.165, 1.54) is 21.9 Å². The van der Waals surface area contributed by atoms with Gasteiger partial charge in [-0.15, -0.1) is 0 Å². The Kier molecular flexibility index (Phi) is 3.45. The molecule has 0 bridgehead atoms. The van der Waals surface area contributed by atoms with Gasteiger partial charge in [-0.3, -0.25) is 0 Å². The monoisotopic (exact) mass is 286 g/mol. The van der Waals surface area contributed by atoms with Crippen LogP contribution in [0, 0.1) is 0 Å². The zero-order valence-corrected chi connectivity index (χ0v) is 12.4. The number of rotatable bonds is 2. The number of hydrogen-bond donors (Lipinski definition) is 1. The van der Waals surface area contributed by atoms with Gasteiger partial charge < -0.3 is 5.32 Å². The minimum Gasteiger partial charge on any atom is -0.312 e. The Labute approximate surface area is 130 Å². The van der Waals surface area contributed by atoms with Gasteiger partial charge in [0.25, 0.3) is 0 Å². The highest BCUT2D eigenvalue weighted by Gasteiger charge is 2.12. The van der Waals surface area contributed by atoms with Gasteiger partial charge in [0.1, 0.15) is 0 Å². The first-order chi connectivity index (χ1) is 10.9. The predicted octanol–water partition coefficient (Wildman–Crippen LogP) is 4.28. The van der Waals surface area contributed by atoms with E-state index in [1.807, 2.05) is 6.07 Å². The molecule has 0 saturated heterocycles. The van der Waals surface area contributed by atoms with Crippen molar-refractivity contribution in [2.45, 2.75) is 6.42 Å². The van der Waals surface area contributed by atoms with Crippen molar-refractivity contribution < 1.29 is 0 Å². The van der Waals surface area contributed by atoms with Crippen LogP contribution in [-0.4, -0.2) is 18.1 Å². The van der Waals surface area contributed by atoms with Gasteiger partial charge in [-0.05, 0) is 30.0 Å². The lowest BCUT2D eigenvalue weighted by Gasteiger charge is -2.16. The van der Waals surface area contributed by atoms with Crippen molar-refractivity contribution >= 4 is 16.3 Å². The van der Waals surface area contributed by atoms with E-state index in [2.05, 4.69) is 66.0 Å². The largest absolute Gasteiger partial charge is 0.312 e. The molecule has 4 rings (SSSR count). The van der Waals surface area contributed by atoms with Crippen LogP contribution >= 0.6 is 0 Å². The van der Waals surface area contributed by atoms with E-state index in [9.17, 15) is 0 Å². The molecule has 1 N–H and O–H groups in total. The Morgan fingerprint density at radius 2 is 1.73 bits per heavy atom. The lowest BCUT2D eigenvalue weighted by atomic mass is 10.00. The molecule has 2 heterocycles. The summed E-state index contributed by atoms with van der Waals surface area (Å²) in [5, 5.41) is 5.89. The topological polar surface area (TPSA) is 24.9 Å².